The van der Waals surface area contributed by atoms with Gasteiger partial charge in [0.2, 0.25) is 12.4 Å². The molecule has 2 heterocycles. The lowest BCUT2D eigenvalue weighted by Crippen LogP contribution is -2.39. The fraction of sp³-hybridized carbons (Fsp3) is 0.643. The lowest BCUT2D eigenvalue weighted by atomic mass is 10.1. The third-order valence-corrected chi connectivity index (χ3v) is 3.10. The number of carbonyl (C=O) groups is 3. The lowest BCUT2D eigenvalue weighted by molar-refractivity contribution is -0.196. The summed E-state index contributed by atoms with van der Waals surface area (Å²) < 4.78 is 26.0. The molecule has 0 amide bonds. The highest BCUT2D eigenvalue weighted by Crippen LogP contribution is 2.37. The van der Waals surface area contributed by atoms with Crippen molar-refractivity contribution in [3.05, 3.63) is 11.7 Å². The number of aromatic nitrogens is 2. The Hall–Kier alpha value is -2.49. The van der Waals surface area contributed by atoms with E-state index in [0.717, 1.165) is 0 Å². The molecule has 24 heavy (non-hydrogen) atoms. The minimum absolute atomic E-state index is 0.0323. The van der Waals surface area contributed by atoms with Crippen LogP contribution in [0.1, 0.15) is 45.5 Å². The van der Waals surface area contributed by atoms with Crippen molar-refractivity contribution in [1.82, 2.24) is 10.1 Å². The summed E-state index contributed by atoms with van der Waals surface area (Å²) in [6, 6.07) is 0. The molecule has 0 unspecified atom stereocenters. The van der Waals surface area contributed by atoms with Gasteiger partial charge in [0.25, 0.3) is 5.89 Å². The molecule has 1 aromatic heterocycles. The zero-order chi connectivity index (χ0) is 17.9. The average Bonchev–Trinajstić information content (AvgIpc) is 3.05. The number of carbonyl (C=O) groups excluding carboxylic acids is 3. The molecule has 4 atom stereocenters. The maximum Gasteiger partial charge on any atom is 0.305 e. The highest BCUT2D eigenvalue weighted by molar-refractivity contribution is 5.68. The molecule has 0 spiro atoms. The monoisotopic (exact) mass is 342 g/mol. The SMILES string of the molecule is CCc1noc([C@H]2O[C@H](OC(C)=O)[C@H](OC(C)=O)[C@H]2OC(C)=O)n1. The molecular formula is C14H18N2O8. The first-order chi connectivity index (χ1) is 11.3. The van der Waals surface area contributed by atoms with Crippen molar-refractivity contribution in [3.8, 4) is 0 Å². The van der Waals surface area contributed by atoms with E-state index < -0.39 is 42.5 Å². The average molecular weight is 342 g/mol. The van der Waals surface area contributed by atoms with Gasteiger partial charge in [-0.05, 0) is 0 Å². The molecule has 0 aliphatic carbocycles. The van der Waals surface area contributed by atoms with E-state index in [1.165, 1.54) is 20.8 Å². The molecule has 1 saturated heterocycles. The molecule has 2 rings (SSSR count). The Kier molecular flexibility index (Phi) is 5.50. The van der Waals surface area contributed by atoms with Gasteiger partial charge in [0.15, 0.2) is 18.0 Å². The second kappa shape index (κ2) is 7.39. The Labute approximate surface area is 137 Å². The van der Waals surface area contributed by atoms with Gasteiger partial charge >= 0.3 is 17.9 Å². The number of ether oxygens (including phenoxy) is 4. The summed E-state index contributed by atoms with van der Waals surface area (Å²) in [6.45, 7) is 5.36. The van der Waals surface area contributed by atoms with Crippen molar-refractivity contribution in [2.45, 2.75) is 58.7 Å². The standard InChI is InChI=1S/C14H18N2O8/c1-5-9-15-13(24-16-9)11-10(20-6(2)17)12(21-7(3)18)14(23-11)22-8(4)19/h10-12,14H,5H2,1-4H3/t10-,11-,12+,14-/m0/s1. The van der Waals surface area contributed by atoms with E-state index in [2.05, 4.69) is 10.1 Å². The van der Waals surface area contributed by atoms with Gasteiger partial charge in [-0.1, -0.05) is 12.1 Å². The molecule has 10 heteroatoms. The molecule has 0 aromatic carbocycles. The number of aryl methyl sites for hydroxylation is 1. The van der Waals surface area contributed by atoms with Crippen LogP contribution < -0.4 is 0 Å². The van der Waals surface area contributed by atoms with Gasteiger partial charge < -0.3 is 23.5 Å². The van der Waals surface area contributed by atoms with Crippen LogP contribution in [0, 0.1) is 0 Å². The fourth-order valence-corrected chi connectivity index (χ4v) is 2.25. The minimum atomic E-state index is -1.27. The van der Waals surface area contributed by atoms with Gasteiger partial charge in [0, 0.05) is 27.2 Å². The summed E-state index contributed by atoms with van der Waals surface area (Å²) in [6.07, 6.45) is -4.03. The number of hydrogen-bond donors (Lipinski definition) is 0. The normalized spacial score (nSPS) is 26.0. The maximum atomic E-state index is 11.4. The van der Waals surface area contributed by atoms with Crippen molar-refractivity contribution >= 4 is 17.9 Å². The van der Waals surface area contributed by atoms with Crippen molar-refractivity contribution in [2.24, 2.45) is 0 Å². The first-order valence-electron chi connectivity index (χ1n) is 7.31. The van der Waals surface area contributed by atoms with Gasteiger partial charge in [-0.3, -0.25) is 14.4 Å². The number of nitrogens with zero attached hydrogens (tertiary/aromatic N) is 2. The first kappa shape index (κ1) is 17.9. The largest absolute Gasteiger partial charge is 0.455 e. The zero-order valence-electron chi connectivity index (χ0n) is 13.7. The fourth-order valence-electron chi connectivity index (χ4n) is 2.25. The van der Waals surface area contributed by atoms with E-state index in [9.17, 15) is 14.4 Å². The quantitative estimate of drug-likeness (QED) is 0.549. The van der Waals surface area contributed by atoms with Crippen molar-refractivity contribution in [1.29, 1.82) is 0 Å². The molecule has 1 aliphatic heterocycles. The van der Waals surface area contributed by atoms with Crippen molar-refractivity contribution < 1.29 is 37.9 Å². The number of esters is 3. The van der Waals surface area contributed by atoms with Crippen molar-refractivity contribution in [2.75, 3.05) is 0 Å². The van der Waals surface area contributed by atoms with Crippen LogP contribution >= 0.6 is 0 Å². The van der Waals surface area contributed by atoms with Gasteiger partial charge in [-0.2, -0.15) is 4.98 Å². The summed E-state index contributed by atoms with van der Waals surface area (Å²) in [5, 5.41) is 3.74. The Balaban J connectivity index is 2.34. The first-order valence-corrected chi connectivity index (χ1v) is 7.31. The van der Waals surface area contributed by atoms with E-state index in [4.69, 9.17) is 23.5 Å². The second-order valence-electron chi connectivity index (χ2n) is 5.08. The van der Waals surface area contributed by atoms with E-state index in [-0.39, 0.29) is 5.89 Å². The van der Waals surface area contributed by atoms with Crippen LogP contribution in [-0.2, 0) is 39.8 Å². The summed E-state index contributed by atoms with van der Waals surface area (Å²) in [7, 11) is 0. The summed E-state index contributed by atoms with van der Waals surface area (Å²) >= 11 is 0. The summed E-state index contributed by atoms with van der Waals surface area (Å²) in [5.74, 6) is -1.48. The lowest BCUT2D eigenvalue weighted by Gasteiger charge is -2.21. The minimum Gasteiger partial charge on any atom is -0.455 e. The molecule has 0 N–H and O–H groups in total. The van der Waals surface area contributed by atoms with Gasteiger partial charge in [0.1, 0.15) is 0 Å². The molecule has 1 aromatic rings. The highest BCUT2D eigenvalue weighted by Gasteiger charge is 2.53. The third-order valence-electron chi connectivity index (χ3n) is 3.10. The van der Waals surface area contributed by atoms with Crippen LogP contribution in [0.2, 0.25) is 0 Å². The molecule has 0 radical (unpaired) electrons. The van der Waals surface area contributed by atoms with Gasteiger partial charge in [-0.15, -0.1) is 0 Å². The molecule has 0 saturated carbocycles. The molecule has 1 fully saturated rings. The molecule has 1 aliphatic rings. The highest BCUT2D eigenvalue weighted by atomic mass is 16.7. The Morgan fingerprint density at radius 3 is 2.08 bits per heavy atom. The molecule has 0 bridgehead atoms. The van der Waals surface area contributed by atoms with E-state index in [0.29, 0.717) is 12.2 Å². The van der Waals surface area contributed by atoms with Crippen LogP contribution in [0.5, 0.6) is 0 Å². The topological polar surface area (TPSA) is 127 Å². The predicted molar refractivity (Wildman–Crippen MR) is 74.2 cm³/mol. The van der Waals surface area contributed by atoms with E-state index in [1.807, 2.05) is 6.92 Å². The predicted octanol–water partition coefficient (Wildman–Crippen LogP) is 0.456. The smallest absolute Gasteiger partial charge is 0.305 e. The summed E-state index contributed by atoms with van der Waals surface area (Å²) in [5.41, 5.74) is 0. The van der Waals surface area contributed by atoms with E-state index in [1.54, 1.807) is 0 Å². The zero-order valence-corrected chi connectivity index (χ0v) is 13.7. The van der Waals surface area contributed by atoms with Crippen LogP contribution in [0.25, 0.3) is 0 Å². The Morgan fingerprint density at radius 1 is 1.00 bits per heavy atom. The van der Waals surface area contributed by atoms with Gasteiger partial charge in [0.05, 0.1) is 0 Å². The van der Waals surface area contributed by atoms with Crippen LogP contribution in [0.4, 0.5) is 0 Å². The van der Waals surface area contributed by atoms with Crippen LogP contribution in [0.15, 0.2) is 4.52 Å². The van der Waals surface area contributed by atoms with Crippen LogP contribution in [-0.4, -0.2) is 46.5 Å². The number of hydrogen-bond acceptors (Lipinski definition) is 10. The second-order valence-corrected chi connectivity index (χ2v) is 5.08. The molecular weight excluding hydrogens is 324 g/mol. The maximum absolute atomic E-state index is 11.4. The Bertz CT molecular complexity index is 628. The van der Waals surface area contributed by atoms with Gasteiger partial charge in [-0.25, -0.2) is 0 Å². The number of rotatable bonds is 5. The third kappa shape index (κ3) is 4.07. The summed E-state index contributed by atoms with van der Waals surface area (Å²) in [4.78, 5) is 38.1. The van der Waals surface area contributed by atoms with Crippen molar-refractivity contribution in [3.63, 3.8) is 0 Å². The van der Waals surface area contributed by atoms with E-state index >= 15 is 0 Å². The molecule has 10 nitrogen and oxygen atoms in total. The molecule has 132 valence electrons. The van der Waals surface area contributed by atoms with Crippen LogP contribution in [0.3, 0.4) is 0 Å². The Morgan fingerprint density at radius 2 is 1.58 bits per heavy atom.